The van der Waals surface area contributed by atoms with Gasteiger partial charge in [-0.25, -0.2) is 8.42 Å². The number of hydrogen-bond acceptors (Lipinski definition) is 3. The molecule has 5 nitrogen and oxygen atoms in total. The van der Waals surface area contributed by atoms with Crippen LogP contribution in [0.25, 0.3) is 0 Å². The Kier molecular flexibility index (Phi) is 6.11. The van der Waals surface area contributed by atoms with Gasteiger partial charge in [0.2, 0.25) is 15.9 Å². The lowest BCUT2D eigenvalue weighted by atomic mass is 10.3. The van der Waals surface area contributed by atoms with Crippen molar-refractivity contribution in [2.75, 3.05) is 5.32 Å². The Morgan fingerprint density at radius 3 is 2.21 bits per heavy atom. The fourth-order valence-corrected chi connectivity index (χ4v) is 3.42. The summed E-state index contributed by atoms with van der Waals surface area (Å²) in [5.74, 6) is -0.536. The summed E-state index contributed by atoms with van der Waals surface area (Å²) >= 11 is 17.4. The Hall–Kier alpha value is -1.31. The standard InChI is InChI=1S/C15H13Cl3N2O3S/c1-9(15(21)19-11-4-7-13(17)14(18)8-11)20-24(22,23)12-5-2-10(16)3-6-12/h2-9,20H,1H3,(H,19,21)/t9-/m0/s1. The van der Waals surface area contributed by atoms with Crippen LogP contribution in [-0.4, -0.2) is 20.4 Å². The van der Waals surface area contributed by atoms with Crippen LogP contribution >= 0.6 is 34.8 Å². The van der Waals surface area contributed by atoms with Gasteiger partial charge >= 0.3 is 0 Å². The van der Waals surface area contributed by atoms with E-state index in [0.717, 1.165) is 0 Å². The highest BCUT2D eigenvalue weighted by Crippen LogP contribution is 2.25. The average Bonchev–Trinajstić information content (AvgIpc) is 2.51. The first kappa shape index (κ1) is 19.0. The van der Waals surface area contributed by atoms with Gasteiger partial charge in [0, 0.05) is 10.7 Å². The van der Waals surface area contributed by atoms with Gasteiger partial charge in [0.15, 0.2) is 0 Å². The topological polar surface area (TPSA) is 75.3 Å². The van der Waals surface area contributed by atoms with Crippen LogP contribution in [0.15, 0.2) is 47.4 Å². The third-order valence-corrected chi connectivity index (χ3v) is 5.58. The minimum absolute atomic E-state index is 0.0149. The molecule has 0 aliphatic heterocycles. The van der Waals surface area contributed by atoms with Crippen molar-refractivity contribution in [3.05, 3.63) is 57.5 Å². The van der Waals surface area contributed by atoms with Crippen LogP contribution in [0.5, 0.6) is 0 Å². The molecule has 2 aromatic rings. The molecule has 0 heterocycles. The number of nitrogens with one attached hydrogen (secondary N) is 2. The Bertz CT molecular complexity index is 855. The maximum Gasteiger partial charge on any atom is 0.242 e. The van der Waals surface area contributed by atoms with Gasteiger partial charge in [-0.2, -0.15) is 4.72 Å². The van der Waals surface area contributed by atoms with E-state index >= 15 is 0 Å². The molecule has 0 aromatic heterocycles. The molecule has 0 radical (unpaired) electrons. The summed E-state index contributed by atoms with van der Waals surface area (Å²) in [6, 6.07) is 9.19. The number of amides is 1. The number of carbonyl (C=O) groups is 1. The highest BCUT2D eigenvalue weighted by Gasteiger charge is 2.22. The second-order valence-electron chi connectivity index (χ2n) is 4.92. The molecule has 1 atom stereocenters. The van der Waals surface area contributed by atoms with Gasteiger partial charge in [0.05, 0.1) is 21.0 Å². The van der Waals surface area contributed by atoms with Gasteiger partial charge in [0.25, 0.3) is 0 Å². The molecular weight excluding hydrogens is 395 g/mol. The lowest BCUT2D eigenvalue weighted by Gasteiger charge is -2.15. The minimum Gasteiger partial charge on any atom is -0.325 e. The van der Waals surface area contributed by atoms with Gasteiger partial charge in [-0.05, 0) is 49.4 Å². The molecule has 0 bridgehead atoms. The number of halogens is 3. The van der Waals surface area contributed by atoms with Crippen molar-refractivity contribution < 1.29 is 13.2 Å². The zero-order valence-electron chi connectivity index (χ0n) is 12.4. The molecule has 0 spiro atoms. The van der Waals surface area contributed by atoms with Crippen molar-refractivity contribution in [3.63, 3.8) is 0 Å². The number of anilines is 1. The molecule has 128 valence electrons. The van der Waals surface area contributed by atoms with Crippen LogP contribution in [0.1, 0.15) is 6.92 Å². The molecule has 0 fully saturated rings. The monoisotopic (exact) mass is 406 g/mol. The third kappa shape index (κ3) is 4.84. The fourth-order valence-electron chi connectivity index (χ4n) is 1.79. The van der Waals surface area contributed by atoms with Crippen molar-refractivity contribution in [3.8, 4) is 0 Å². The van der Waals surface area contributed by atoms with Gasteiger partial charge < -0.3 is 5.32 Å². The number of benzene rings is 2. The summed E-state index contributed by atoms with van der Waals surface area (Å²) in [7, 11) is -3.85. The Morgan fingerprint density at radius 1 is 1.00 bits per heavy atom. The van der Waals surface area contributed by atoms with Crippen molar-refractivity contribution in [2.45, 2.75) is 17.9 Å². The second-order valence-corrected chi connectivity index (χ2v) is 7.88. The van der Waals surface area contributed by atoms with E-state index in [4.69, 9.17) is 34.8 Å². The van der Waals surface area contributed by atoms with Crippen LogP contribution in [0, 0.1) is 0 Å². The number of carbonyl (C=O) groups excluding carboxylic acids is 1. The first-order valence-electron chi connectivity index (χ1n) is 6.73. The normalized spacial score (nSPS) is 12.7. The maximum absolute atomic E-state index is 12.2. The van der Waals surface area contributed by atoms with E-state index in [0.29, 0.717) is 15.7 Å². The van der Waals surface area contributed by atoms with Gasteiger partial charge in [-0.1, -0.05) is 34.8 Å². The highest BCUT2D eigenvalue weighted by atomic mass is 35.5. The summed E-state index contributed by atoms with van der Waals surface area (Å²) in [5.41, 5.74) is 0.409. The molecule has 2 N–H and O–H groups in total. The van der Waals surface area contributed by atoms with E-state index < -0.39 is 22.0 Å². The summed E-state index contributed by atoms with van der Waals surface area (Å²) in [5, 5.41) is 3.61. The molecule has 0 unspecified atom stereocenters. The van der Waals surface area contributed by atoms with Gasteiger partial charge in [-0.15, -0.1) is 0 Å². The van der Waals surface area contributed by atoms with Crippen LogP contribution < -0.4 is 10.0 Å². The van der Waals surface area contributed by atoms with Crippen molar-refractivity contribution in [1.82, 2.24) is 4.72 Å². The molecule has 0 saturated carbocycles. The lowest BCUT2D eigenvalue weighted by molar-refractivity contribution is -0.117. The molecule has 24 heavy (non-hydrogen) atoms. The maximum atomic E-state index is 12.2. The third-order valence-electron chi connectivity index (χ3n) is 3.04. The van der Waals surface area contributed by atoms with E-state index in [1.807, 2.05) is 0 Å². The Balaban J connectivity index is 2.07. The first-order chi connectivity index (χ1) is 11.2. The van der Waals surface area contributed by atoms with Crippen molar-refractivity contribution in [1.29, 1.82) is 0 Å². The largest absolute Gasteiger partial charge is 0.325 e. The van der Waals surface area contributed by atoms with E-state index in [9.17, 15) is 13.2 Å². The number of hydrogen-bond donors (Lipinski definition) is 2. The predicted molar refractivity (Wildman–Crippen MR) is 96.3 cm³/mol. The molecule has 0 aliphatic rings. The van der Waals surface area contributed by atoms with Gasteiger partial charge in [0.1, 0.15) is 0 Å². The zero-order chi connectivity index (χ0) is 17.9. The summed E-state index contributed by atoms with van der Waals surface area (Å²) in [6.45, 7) is 1.43. The van der Waals surface area contributed by atoms with Crippen molar-refractivity contribution in [2.24, 2.45) is 0 Å². The van der Waals surface area contributed by atoms with E-state index in [2.05, 4.69) is 10.0 Å². The van der Waals surface area contributed by atoms with Crippen LogP contribution in [0.3, 0.4) is 0 Å². The van der Waals surface area contributed by atoms with E-state index in [1.54, 1.807) is 6.07 Å². The zero-order valence-corrected chi connectivity index (χ0v) is 15.5. The molecule has 2 aromatic carbocycles. The highest BCUT2D eigenvalue weighted by molar-refractivity contribution is 7.89. The molecular formula is C15H13Cl3N2O3S. The summed E-state index contributed by atoms with van der Waals surface area (Å²) in [6.07, 6.45) is 0. The second kappa shape index (κ2) is 7.72. The Labute approximate surface area is 155 Å². The van der Waals surface area contributed by atoms with Crippen LogP contribution in [0.4, 0.5) is 5.69 Å². The quantitative estimate of drug-likeness (QED) is 0.788. The van der Waals surface area contributed by atoms with E-state index in [1.165, 1.54) is 43.3 Å². The molecule has 0 saturated heterocycles. The lowest BCUT2D eigenvalue weighted by Crippen LogP contribution is -2.41. The first-order valence-corrected chi connectivity index (χ1v) is 9.34. The van der Waals surface area contributed by atoms with Crippen molar-refractivity contribution >= 4 is 56.4 Å². The minimum atomic E-state index is -3.85. The number of rotatable bonds is 5. The SMILES string of the molecule is C[C@H](NS(=O)(=O)c1ccc(Cl)cc1)C(=O)Nc1ccc(Cl)c(Cl)c1. The summed E-state index contributed by atoms with van der Waals surface area (Å²) in [4.78, 5) is 12.2. The molecule has 2 rings (SSSR count). The predicted octanol–water partition coefficient (Wildman–Crippen LogP) is 3.95. The fraction of sp³-hybridized carbons (Fsp3) is 0.133. The van der Waals surface area contributed by atoms with Crippen LogP contribution in [0.2, 0.25) is 15.1 Å². The molecule has 0 aliphatic carbocycles. The smallest absolute Gasteiger partial charge is 0.242 e. The van der Waals surface area contributed by atoms with Gasteiger partial charge in [-0.3, -0.25) is 4.79 Å². The van der Waals surface area contributed by atoms with E-state index in [-0.39, 0.29) is 9.92 Å². The molecule has 9 heteroatoms. The van der Waals surface area contributed by atoms with Crippen LogP contribution in [-0.2, 0) is 14.8 Å². The Morgan fingerprint density at radius 2 is 1.62 bits per heavy atom. The average molecular weight is 408 g/mol. The summed E-state index contributed by atoms with van der Waals surface area (Å²) < 4.78 is 26.8. The number of sulfonamides is 1. The molecule has 1 amide bonds.